The molecule has 0 unspecified atom stereocenters. The largest absolute Gasteiger partial charge is 0.494 e. The number of thioether (sulfide) groups is 1. The van der Waals surface area contributed by atoms with E-state index in [1.54, 1.807) is 38.1 Å². The Morgan fingerprint density at radius 2 is 1.75 bits per heavy atom. The second-order valence-corrected chi connectivity index (χ2v) is 9.32. The second kappa shape index (κ2) is 12.3. The van der Waals surface area contributed by atoms with Gasteiger partial charge in [0.15, 0.2) is 0 Å². The first-order chi connectivity index (χ1) is 17.2. The van der Waals surface area contributed by atoms with Gasteiger partial charge in [0.2, 0.25) is 5.91 Å². The number of imide groups is 1. The lowest BCUT2D eigenvalue weighted by Crippen LogP contribution is -2.51. The van der Waals surface area contributed by atoms with Crippen LogP contribution in [0.15, 0.2) is 53.4 Å². The maximum absolute atomic E-state index is 13.1. The molecule has 0 bridgehead atoms. The van der Waals surface area contributed by atoms with Crippen molar-refractivity contribution in [2.45, 2.75) is 26.8 Å². The zero-order valence-electron chi connectivity index (χ0n) is 20.2. The Kier molecular flexibility index (Phi) is 9.24. The zero-order chi connectivity index (χ0) is 26.2. The molecule has 0 saturated carbocycles. The molecule has 0 radical (unpaired) electrons. The molecular weight excluding hydrogens is 485 g/mol. The number of nitrogens with zero attached hydrogens (tertiary/aromatic N) is 1. The summed E-state index contributed by atoms with van der Waals surface area (Å²) in [5.41, 5.74) is 0.987. The van der Waals surface area contributed by atoms with Gasteiger partial charge in [-0.15, -0.1) is 0 Å². The van der Waals surface area contributed by atoms with Gasteiger partial charge in [-0.3, -0.25) is 24.1 Å². The van der Waals surface area contributed by atoms with Crippen molar-refractivity contribution in [3.05, 3.63) is 70.4 Å². The van der Waals surface area contributed by atoms with Crippen molar-refractivity contribution in [3.63, 3.8) is 0 Å². The molecule has 2 N–H and O–H groups in total. The lowest BCUT2D eigenvalue weighted by molar-refractivity contribution is -0.125. The highest BCUT2D eigenvalue weighted by Crippen LogP contribution is 2.31. The molecule has 3 rings (SSSR count). The average molecular weight is 514 g/mol. The summed E-state index contributed by atoms with van der Waals surface area (Å²) in [5, 5.41) is 4.98. The van der Waals surface area contributed by atoms with Gasteiger partial charge in [0, 0.05) is 18.7 Å². The number of carbonyl (C=O) groups excluding carboxylic acids is 4. The molecule has 1 saturated heterocycles. The fourth-order valence-electron chi connectivity index (χ4n) is 3.43. The Morgan fingerprint density at radius 1 is 1.08 bits per heavy atom. The van der Waals surface area contributed by atoms with Crippen LogP contribution in [0, 0.1) is 11.7 Å². The van der Waals surface area contributed by atoms with Crippen LogP contribution in [0.1, 0.15) is 36.7 Å². The van der Waals surface area contributed by atoms with Crippen LogP contribution in [0.5, 0.6) is 5.75 Å². The van der Waals surface area contributed by atoms with Crippen LogP contribution >= 0.6 is 11.8 Å². The summed E-state index contributed by atoms with van der Waals surface area (Å²) < 4.78 is 18.5. The predicted octanol–water partition coefficient (Wildman–Crippen LogP) is 3.83. The van der Waals surface area contributed by atoms with Gasteiger partial charge in [-0.05, 0) is 72.6 Å². The van der Waals surface area contributed by atoms with Gasteiger partial charge in [-0.25, -0.2) is 4.39 Å². The fraction of sp³-hybridized carbons (Fsp3) is 0.308. The van der Waals surface area contributed by atoms with E-state index in [0.717, 1.165) is 16.7 Å². The van der Waals surface area contributed by atoms with Gasteiger partial charge in [-0.1, -0.05) is 26.0 Å². The van der Waals surface area contributed by atoms with Gasteiger partial charge in [-0.2, -0.15) is 0 Å². The fourth-order valence-corrected chi connectivity index (χ4v) is 4.30. The highest BCUT2D eigenvalue weighted by atomic mass is 32.2. The minimum absolute atomic E-state index is 0.0190. The summed E-state index contributed by atoms with van der Waals surface area (Å²) in [7, 11) is 0. The third-order valence-corrected chi connectivity index (χ3v) is 6.25. The van der Waals surface area contributed by atoms with Gasteiger partial charge in [0.05, 0.1) is 11.5 Å². The normalized spacial score (nSPS) is 15.4. The maximum atomic E-state index is 13.1. The molecular formula is C26H28FN3O5S. The highest BCUT2D eigenvalue weighted by molar-refractivity contribution is 8.18. The van der Waals surface area contributed by atoms with Crippen LogP contribution in [0.4, 0.5) is 9.18 Å². The van der Waals surface area contributed by atoms with E-state index in [1.807, 2.05) is 6.92 Å². The average Bonchev–Trinajstić information content (AvgIpc) is 3.11. The van der Waals surface area contributed by atoms with Crippen molar-refractivity contribution < 1.29 is 28.3 Å². The Morgan fingerprint density at radius 3 is 2.36 bits per heavy atom. The summed E-state index contributed by atoms with van der Waals surface area (Å²) in [6, 6.07) is 11.4. The molecule has 190 valence electrons. The number of rotatable bonds is 10. The third kappa shape index (κ3) is 6.94. The first-order valence-electron chi connectivity index (χ1n) is 11.5. The SMILES string of the molecule is CCOc1ccc(C(=O)N[C@H](C(=O)NCCN2C(=O)SC(=Cc3ccc(F)cc3)C2=O)C(C)C)cc1. The van der Waals surface area contributed by atoms with Crippen molar-refractivity contribution in [2.24, 2.45) is 5.92 Å². The van der Waals surface area contributed by atoms with E-state index in [4.69, 9.17) is 4.74 Å². The van der Waals surface area contributed by atoms with Crippen molar-refractivity contribution in [1.82, 2.24) is 15.5 Å². The van der Waals surface area contributed by atoms with Crippen LogP contribution in [0.25, 0.3) is 6.08 Å². The molecule has 1 atom stereocenters. The molecule has 1 fully saturated rings. The van der Waals surface area contributed by atoms with Crippen molar-refractivity contribution in [3.8, 4) is 5.75 Å². The maximum Gasteiger partial charge on any atom is 0.293 e. The van der Waals surface area contributed by atoms with Crippen LogP contribution < -0.4 is 15.4 Å². The standard InChI is InChI=1S/C26H28FN3O5S/c1-4-35-20-11-7-18(8-12-20)23(31)29-22(16(2)3)24(32)28-13-14-30-25(33)21(36-26(30)34)15-17-5-9-19(27)10-6-17/h5-12,15-16,22H,4,13-14H2,1-3H3,(H,28,32)(H,29,31)/t22-/m0/s1. The van der Waals surface area contributed by atoms with E-state index in [9.17, 15) is 23.6 Å². The smallest absolute Gasteiger partial charge is 0.293 e. The Bertz CT molecular complexity index is 1150. The minimum Gasteiger partial charge on any atom is -0.494 e. The first kappa shape index (κ1) is 26.9. The number of hydrogen-bond donors (Lipinski definition) is 2. The minimum atomic E-state index is -0.808. The number of ether oxygens (including phenoxy) is 1. The topological polar surface area (TPSA) is 105 Å². The molecule has 1 aliphatic heterocycles. The quantitative estimate of drug-likeness (QED) is 0.468. The van der Waals surface area contributed by atoms with E-state index in [-0.39, 0.29) is 23.9 Å². The zero-order valence-corrected chi connectivity index (χ0v) is 21.1. The monoisotopic (exact) mass is 513 g/mol. The van der Waals surface area contributed by atoms with E-state index in [1.165, 1.54) is 30.3 Å². The number of benzene rings is 2. The van der Waals surface area contributed by atoms with E-state index < -0.39 is 34.8 Å². The van der Waals surface area contributed by atoms with Crippen molar-refractivity contribution in [1.29, 1.82) is 0 Å². The summed E-state index contributed by atoms with van der Waals surface area (Å²) in [5.74, 6) is -1.25. The van der Waals surface area contributed by atoms with Crippen LogP contribution in [0.2, 0.25) is 0 Å². The summed E-state index contributed by atoms with van der Waals surface area (Å²) in [4.78, 5) is 51.6. The predicted molar refractivity (Wildman–Crippen MR) is 136 cm³/mol. The van der Waals surface area contributed by atoms with Gasteiger partial charge >= 0.3 is 0 Å². The molecule has 0 spiro atoms. The van der Waals surface area contributed by atoms with Gasteiger partial charge in [0.25, 0.3) is 17.1 Å². The summed E-state index contributed by atoms with van der Waals surface area (Å²) >= 11 is 0.787. The lowest BCUT2D eigenvalue weighted by Gasteiger charge is -2.22. The lowest BCUT2D eigenvalue weighted by atomic mass is 10.0. The summed E-state index contributed by atoms with van der Waals surface area (Å²) in [6.45, 7) is 6.00. The molecule has 2 aromatic rings. The molecule has 0 aliphatic carbocycles. The molecule has 1 heterocycles. The molecule has 36 heavy (non-hydrogen) atoms. The number of hydrogen-bond acceptors (Lipinski definition) is 6. The molecule has 4 amide bonds. The number of carbonyl (C=O) groups is 4. The van der Waals surface area contributed by atoms with Crippen LogP contribution in [0.3, 0.4) is 0 Å². The number of nitrogens with one attached hydrogen (secondary N) is 2. The van der Waals surface area contributed by atoms with E-state index >= 15 is 0 Å². The number of halogens is 1. The molecule has 8 nitrogen and oxygen atoms in total. The highest BCUT2D eigenvalue weighted by Gasteiger charge is 2.35. The Balaban J connectivity index is 1.55. The van der Waals surface area contributed by atoms with E-state index in [2.05, 4.69) is 10.6 Å². The number of amides is 4. The molecule has 1 aliphatic rings. The Labute approximate surface area is 213 Å². The second-order valence-electron chi connectivity index (χ2n) is 8.33. The molecule has 2 aromatic carbocycles. The van der Waals surface area contributed by atoms with E-state index in [0.29, 0.717) is 23.5 Å². The first-order valence-corrected chi connectivity index (χ1v) is 12.3. The van der Waals surface area contributed by atoms with Crippen molar-refractivity contribution in [2.75, 3.05) is 19.7 Å². The molecule has 10 heteroatoms. The van der Waals surface area contributed by atoms with Crippen LogP contribution in [-0.2, 0) is 9.59 Å². The van der Waals surface area contributed by atoms with Gasteiger partial charge in [0.1, 0.15) is 17.6 Å². The van der Waals surface area contributed by atoms with Gasteiger partial charge < -0.3 is 15.4 Å². The van der Waals surface area contributed by atoms with Crippen LogP contribution in [-0.4, -0.2) is 53.6 Å². The third-order valence-electron chi connectivity index (χ3n) is 5.34. The van der Waals surface area contributed by atoms with Crippen molar-refractivity contribution >= 4 is 40.8 Å². The Hall–Kier alpha value is -3.66. The molecule has 0 aromatic heterocycles. The summed E-state index contributed by atoms with van der Waals surface area (Å²) in [6.07, 6.45) is 1.52.